The molecule has 1 amide bonds. The summed E-state index contributed by atoms with van der Waals surface area (Å²) in [6.45, 7) is 4.97. The largest absolute Gasteiger partial charge is 0.466 e. The van der Waals surface area contributed by atoms with E-state index in [2.05, 4.69) is 19.2 Å². The van der Waals surface area contributed by atoms with Crippen molar-refractivity contribution in [3.05, 3.63) is 0 Å². The van der Waals surface area contributed by atoms with E-state index in [-0.39, 0.29) is 18.5 Å². The van der Waals surface area contributed by atoms with Crippen LogP contribution in [0, 0.1) is 0 Å². The Balaban J connectivity index is 3.35. The molecule has 0 heterocycles. The summed E-state index contributed by atoms with van der Waals surface area (Å²) in [7, 11) is 0. The van der Waals surface area contributed by atoms with E-state index in [1.807, 2.05) is 0 Å². The fraction of sp³-hybridized carbons (Fsp3) is 0.967. The molecule has 0 saturated carbocycles. The highest BCUT2D eigenvalue weighted by Gasteiger charge is 2.20. The van der Waals surface area contributed by atoms with Crippen LogP contribution in [0.4, 0.5) is 0 Å². The van der Waals surface area contributed by atoms with E-state index in [1.54, 1.807) is 0 Å². The molecule has 0 aliphatic heterocycles. The molecule has 0 aromatic rings. The molecule has 0 saturated heterocycles. The zero-order valence-electron chi connectivity index (χ0n) is 45.0. The van der Waals surface area contributed by atoms with Crippen LogP contribution in [0.2, 0.25) is 0 Å². The number of nitrogens with one attached hydrogen (secondary N) is 1. The Morgan fingerprint density at radius 3 is 0.924 bits per heavy atom. The molecule has 0 aromatic carbocycles. The van der Waals surface area contributed by atoms with Crippen molar-refractivity contribution in [3.63, 3.8) is 0 Å². The van der Waals surface area contributed by atoms with Crippen LogP contribution in [0.1, 0.15) is 348 Å². The summed E-state index contributed by atoms with van der Waals surface area (Å²) in [5.74, 6) is -0.0218. The second kappa shape index (κ2) is 56.4. The Hall–Kier alpha value is -1.14. The molecular formula is C60H119NO5. The van der Waals surface area contributed by atoms with Crippen LogP contribution >= 0.6 is 0 Å². The van der Waals surface area contributed by atoms with Gasteiger partial charge in [-0.1, -0.05) is 309 Å². The Morgan fingerprint density at radius 2 is 0.621 bits per heavy atom. The maximum absolute atomic E-state index is 12.5. The normalized spacial score (nSPS) is 12.5. The summed E-state index contributed by atoms with van der Waals surface area (Å²) in [6, 6.07) is -0.541. The van der Waals surface area contributed by atoms with Crippen LogP contribution < -0.4 is 5.32 Å². The van der Waals surface area contributed by atoms with E-state index >= 15 is 0 Å². The molecule has 66 heavy (non-hydrogen) atoms. The first-order valence-electron chi connectivity index (χ1n) is 30.3. The number of carbonyl (C=O) groups excluding carboxylic acids is 2. The van der Waals surface area contributed by atoms with Gasteiger partial charge < -0.3 is 20.3 Å². The molecule has 0 radical (unpaired) electrons. The lowest BCUT2D eigenvalue weighted by atomic mass is 10.0. The number of esters is 1. The fourth-order valence-corrected chi connectivity index (χ4v) is 9.76. The summed E-state index contributed by atoms with van der Waals surface area (Å²) in [4.78, 5) is 24.5. The summed E-state index contributed by atoms with van der Waals surface area (Å²) >= 11 is 0. The Bertz CT molecular complexity index is 944. The van der Waals surface area contributed by atoms with Gasteiger partial charge in [0.25, 0.3) is 0 Å². The highest BCUT2D eigenvalue weighted by Crippen LogP contribution is 2.18. The number of hydrogen-bond acceptors (Lipinski definition) is 5. The molecule has 0 bridgehead atoms. The molecule has 2 unspecified atom stereocenters. The maximum Gasteiger partial charge on any atom is 0.305 e. The Morgan fingerprint density at radius 1 is 0.364 bits per heavy atom. The van der Waals surface area contributed by atoms with Crippen molar-refractivity contribution in [2.45, 2.75) is 360 Å². The summed E-state index contributed by atoms with van der Waals surface area (Å²) in [6.07, 6.45) is 65.3. The minimum atomic E-state index is -0.664. The molecular weight excluding hydrogens is 815 g/mol. The highest BCUT2D eigenvalue weighted by atomic mass is 16.5. The van der Waals surface area contributed by atoms with Gasteiger partial charge in [0.15, 0.2) is 0 Å². The van der Waals surface area contributed by atoms with E-state index in [4.69, 9.17) is 4.74 Å². The third-order valence-electron chi connectivity index (χ3n) is 14.4. The summed E-state index contributed by atoms with van der Waals surface area (Å²) in [5.41, 5.74) is 0. The van der Waals surface area contributed by atoms with E-state index in [9.17, 15) is 19.8 Å². The number of rotatable bonds is 57. The first-order chi connectivity index (χ1) is 32.5. The van der Waals surface area contributed by atoms with E-state index in [0.29, 0.717) is 25.9 Å². The number of ether oxygens (including phenoxy) is 1. The first-order valence-corrected chi connectivity index (χ1v) is 30.3. The van der Waals surface area contributed by atoms with Crippen LogP contribution in [0.25, 0.3) is 0 Å². The van der Waals surface area contributed by atoms with Crippen molar-refractivity contribution in [2.24, 2.45) is 0 Å². The van der Waals surface area contributed by atoms with Crippen molar-refractivity contribution in [1.82, 2.24) is 5.32 Å². The van der Waals surface area contributed by atoms with E-state index in [0.717, 1.165) is 38.5 Å². The zero-order valence-corrected chi connectivity index (χ0v) is 45.0. The zero-order chi connectivity index (χ0) is 47.9. The molecule has 0 spiro atoms. The van der Waals surface area contributed by atoms with Gasteiger partial charge in [0.2, 0.25) is 5.91 Å². The number of amides is 1. The van der Waals surface area contributed by atoms with Gasteiger partial charge in [0.1, 0.15) is 0 Å². The molecule has 394 valence electrons. The van der Waals surface area contributed by atoms with Gasteiger partial charge in [-0.25, -0.2) is 0 Å². The Labute approximate surface area is 413 Å². The standard InChI is InChI=1S/C60H119NO5/c1-3-5-7-9-11-13-15-17-18-19-24-27-30-34-38-42-46-50-54-60(65)66-55-51-47-43-39-35-31-28-25-22-20-21-23-26-29-33-37-41-45-49-53-59(64)61-57(56-62)58(63)52-48-44-40-36-32-16-14-12-10-8-6-4-2/h57-58,62-63H,3-56H2,1-2H3,(H,61,64). The van der Waals surface area contributed by atoms with Crippen molar-refractivity contribution >= 4 is 11.9 Å². The molecule has 6 nitrogen and oxygen atoms in total. The number of unbranched alkanes of at least 4 members (excludes halogenated alkanes) is 46. The van der Waals surface area contributed by atoms with E-state index in [1.165, 1.54) is 276 Å². The SMILES string of the molecule is CCCCCCCCCCCCCCCCCCCCC(=O)OCCCCCCCCCCCCCCCCCCCCCC(=O)NC(CO)C(O)CCCCCCCCCCCCCC. The van der Waals surface area contributed by atoms with Crippen molar-refractivity contribution in [2.75, 3.05) is 13.2 Å². The van der Waals surface area contributed by atoms with Gasteiger partial charge in [-0.3, -0.25) is 9.59 Å². The van der Waals surface area contributed by atoms with Crippen LogP contribution in [0.3, 0.4) is 0 Å². The first kappa shape index (κ1) is 64.9. The summed E-state index contributed by atoms with van der Waals surface area (Å²) < 4.78 is 5.50. The van der Waals surface area contributed by atoms with Gasteiger partial charge >= 0.3 is 5.97 Å². The lowest BCUT2D eigenvalue weighted by Gasteiger charge is -2.22. The predicted octanol–water partition coefficient (Wildman–Crippen LogP) is 18.7. The molecule has 0 aliphatic rings. The smallest absolute Gasteiger partial charge is 0.305 e. The highest BCUT2D eigenvalue weighted by molar-refractivity contribution is 5.76. The van der Waals surface area contributed by atoms with Crippen LogP contribution in [-0.4, -0.2) is 47.4 Å². The van der Waals surface area contributed by atoms with E-state index < -0.39 is 12.1 Å². The quantitative estimate of drug-likeness (QED) is 0.0417. The molecule has 2 atom stereocenters. The predicted molar refractivity (Wildman–Crippen MR) is 287 cm³/mol. The molecule has 0 aliphatic carbocycles. The lowest BCUT2D eigenvalue weighted by Crippen LogP contribution is -2.45. The monoisotopic (exact) mass is 934 g/mol. The molecule has 0 aromatic heterocycles. The molecule has 0 fully saturated rings. The number of hydrogen-bond donors (Lipinski definition) is 3. The van der Waals surface area contributed by atoms with Gasteiger partial charge in [0, 0.05) is 12.8 Å². The van der Waals surface area contributed by atoms with Crippen molar-refractivity contribution < 1.29 is 24.5 Å². The van der Waals surface area contributed by atoms with Crippen molar-refractivity contribution in [3.8, 4) is 0 Å². The Kier molecular flexibility index (Phi) is 55.5. The number of carbonyl (C=O) groups is 2. The minimum Gasteiger partial charge on any atom is -0.466 e. The lowest BCUT2D eigenvalue weighted by molar-refractivity contribution is -0.143. The fourth-order valence-electron chi connectivity index (χ4n) is 9.76. The van der Waals surface area contributed by atoms with Gasteiger partial charge in [-0.05, 0) is 25.7 Å². The molecule has 3 N–H and O–H groups in total. The van der Waals surface area contributed by atoms with Crippen LogP contribution in [-0.2, 0) is 14.3 Å². The van der Waals surface area contributed by atoms with Crippen molar-refractivity contribution in [1.29, 1.82) is 0 Å². The van der Waals surface area contributed by atoms with Crippen LogP contribution in [0.15, 0.2) is 0 Å². The number of aliphatic hydroxyl groups excluding tert-OH is 2. The van der Waals surface area contributed by atoms with Crippen LogP contribution in [0.5, 0.6) is 0 Å². The average Bonchev–Trinajstić information content (AvgIpc) is 3.32. The molecule has 0 rings (SSSR count). The van der Waals surface area contributed by atoms with Gasteiger partial charge in [-0.2, -0.15) is 0 Å². The third kappa shape index (κ3) is 52.2. The van der Waals surface area contributed by atoms with Gasteiger partial charge in [-0.15, -0.1) is 0 Å². The third-order valence-corrected chi connectivity index (χ3v) is 14.4. The molecule has 6 heteroatoms. The topological polar surface area (TPSA) is 95.9 Å². The second-order valence-corrected chi connectivity index (χ2v) is 21.1. The average molecular weight is 935 g/mol. The minimum absolute atomic E-state index is 0.0143. The summed E-state index contributed by atoms with van der Waals surface area (Å²) in [5, 5.41) is 23.2. The van der Waals surface area contributed by atoms with Gasteiger partial charge in [0.05, 0.1) is 25.4 Å². The number of aliphatic hydroxyl groups is 2. The second-order valence-electron chi connectivity index (χ2n) is 21.1. The maximum atomic E-state index is 12.5.